The minimum Gasteiger partial charge on any atom is -0.396 e. The molecule has 0 unspecified atom stereocenters. The summed E-state index contributed by atoms with van der Waals surface area (Å²) in [5.74, 6) is 0.665. The maximum Gasteiger partial charge on any atom is 0.153 e. The number of halogens is 2. The second-order valence-electron chi connectivity index (χ2n) is 7.48. The van der Waals surface area contributed by atoms with Gasteiger partial charge in [-0.15, -0.1) is 0 Å². The van der Waals surface area contributed by atoms with Crippen molar-refractivity contribution in [1.29, 1.82) is 0 Å². The third-order valence-electron chi connectivity index (χ3n) is 5.82. The second-order valence-corrected chi connectivity index (χ2v) is 8.27. The molecule has 1 aromatic carbocycles. The van der Waals surface area contributed by atoms with Crippen molar-refractivity contribution in [2.24, 2.45) is 11.1 Å². The van der Waals surface area contributed by atoms with Crippen molar-refractivity contribution >= 4 is 29.0 Å². The summed E-state index contributed by atoms with van der Waals surface area (Å²) in [5.41, 5.74) is 8.35. The molecule has 0 saturated carbocycles. The predicted octanol–water partition coefficient (Wildman–Crippen LogP) is 3.18. The third kappa shape index (κ3) is 3.84. The zero-order chi connectivity index (χ0) is 20.5. The first-order chi connectivity index (χ1) is 13.3. The van der Waals surface area contributed by atoms with E-state index in [0.29, 0.717) is 51.6 Å². The third-order valence-corrected chi connectivity index (χ3v) is 6.64. The number of aryl methyl sites for hydroxylation is 1. The smallest absolute Gasteiger partial charge is 0.153 e. The van der Waals surface area contributed by atoms with Gasteiger partial charge in [-0.2, -0.15) is 0 Å². The molecule has 4 N–H and O–H groups in total. The Bertz CT molecular complexity index is 852. The molecule has 0 bridgehead atoms. The normalized spacial score (nSPS) is 17.6. The number of nitrogens with two attached hydrogens (primary N) is 1. The second kappa shape index (κ2) is 8.51. The number of hydrogen-bond acceptors (Lipinski definition) is 6. The predicted molar refractivity (Wildman–Crippen MR) is 113 cm³/mol. The van der Waals surface area contributed by atoms with Gasteiger partial charge in [0.15, 0.2) is 5.82 Å². The van der Waals surface area contributed by atoms with Crippen LogP contribution in [0.2, 0.25) is 10.0 Å². The average Bonchev–Trinajstić information content (AvgIpc) is 2.70. The van der Waals surface area contributed by atoms with Gasteiger partial charge in [0.1, 0.15) is 5.69 Å². The van der Waals surface area contributed by atoms with Crippen LogP contribution in [-0.2, 0) is 6.61 Å². The minimum atomic E-state index is -0.271. The summed E-state index contributed by atoms with van der Waals surface area (Å²) in [6.45, 7) is 5.04. The van der Waals surface area contributed by atoms with Crippen LogP contribution in [0.5, 0.6) is 0 Å². The molecule has 28 heavy (non-hydrogen) atoms. The number of benzene rings is 1. The van der Waals surface area contributed by atoms with Gasteiger partial charge in [-0.3, -0.25) is 0 Å². The Hall–Kier alpha value is -1.44. The van der Waals surface area contributed by atoms with Crippen LogP contribution in [0.3, 0.4) is 0 Å². The summed E-state index contributed by atoms with van der Waals surface area (Å²) < 4.78 is 0. The molecular weight excluding hydrogens is 399 g/mol. The highest BCUT2D eigenvalue weighted by molar-refractivity contribution is 6.43. The van der Waals surface area contributed by atoms with Crippen LogP contribution in [0.25, 0.3) is 11.3 Å². The van der Waals surface area contributed by atoms with E-state index < -0.39 is 0 Å². The fourth-order valence-corrected chi connectivity index (χ4v) is 4.15. The highest BCUT2D eigenvalue weighted by Gasteiger charge is 2.38. The van der Waals surface area contributed by atoms with Crippen molar-refractivity contribution in [1.82, 2.24) is 9.97 Å². The lowest BCUT2D eigenvalue weighted by Gasteiger charge is -2.43. The molecule has 1 aromatic heterocycles. The Balaban J connectivity index is 1.94. The highest BCUT2D eigenvalue weighted by Crippen LogP contribution is 2.38. The first-order valence-corrected chi connectivity index (χ1v) is 10.1. The van der Waals surface area contributed by atoms with Gasteiger partial charge < -0.3 is 20.8 Å². The van der Waals surface area contributed by atoms with Gasteiger partial charge in [-0.05, 0) is 32.8 Å². The molecule has 1 fully saturated rings. The molecular formula is C20H26Cl2N4O2. The maximum absolute atomic E-state index is 9.92. The van der Waals surface area contributed by atoms with Crippen LogP contribution in [0.4, 0.5) is 5.82 Å². The van der Waals surface area contributed by atoms with Crippen molar-refractivity contribution in [2.45, 2.75) is 39.3 Å². The minimum absolute atomic E-state index is 0.0717. The SMILES string of the molecule is Cc1nc(N2CCC(CO)([C@H](C)N)CC2)c(CO)nc1-c1cccc(Cl)c1Cl. The summed E-state index contributed by atoms with van der Waals surface area (Å²) in [7, 11) is 0. The van der Waals surface area contributed by atoms with Gasteiger partial charge in [0, 0.05) is 30.1 Å². The van der Waals surface area contributed by atoms with Crippen molar-refractivity contribution < 1.29 is 10.2 Å². The quantitative estimate of drug-likeness (QED) is 0.681. The molecule has 2 aromatic rings. The lowest BCUT2D eigenvalue weighted by atomic mass is 9.74. The Labute approximate surface area is 175 Å². The average molecular weight is 425 g/mol. The zero-order valence-corrected chi connectivity index (χ0v) is 17.6. The molecule has 1 aliphatic heterocycles. The van der Waals surface area contributed by atoms with Crippen LogP contribution in [-0.4, -0.2) is 45.9 Å². The van der Waals surface area contributed by atoms with Crippen LogP contribution in [0.15, 0.2) is 18.2 Å². The van der Waals surface area contributed by atoms with Crippen molar-refractivity contribution in [2.75, 3.05) is 24.6 Å². The lowest BCUT2D eigenvalue weighted by Crippen LogP contribution is -2.51. The molecule has 0 radical (unpaired) electrons. The zero-order valence-electron chi connectivity index (χ0n) is 16.1. The van der Waals surface area contributed by atoms with E-state index >= 15 is 0 Å². The van der Waals surface area contributed by atoms with E-state index in [1.807, 2.05) is 26.0 Å². The summed E-state index contributed by atoms with van der Waals surface area (Å²) in [5, 5.41) is 20.6. The molecule has 1 aliphatic rings. The number of hydrogen-bond donors (Lipinski definition) is 3. The molecule has 0 amide bonds. The number of nitrogens with zero attached hydrogens (tertiary/aromatic N) is 3. The van der Waals surface area contributed by atoms with E-state index in [-0.39, 0.29) is 24.7 Å². The number of aliphatic hydroxyl groups excluding tert-OH is 2. The van der Waals surface area contributed by atoms with Gasteiger partial charge >= 0.3 is 0 Å². The van der Waals surface area contributed by atoms with Gasteiger partial charge in [0.25, 0.3) is 0 Å². The van der Waals surface area contributed by atoms with E-state index in [1.165, 1.54) is 0 Å². The molecule has 1 saturated heterocycles. The molecule has 8 heteroatoms. The molecule has 6 nitrogen and oxygen atoms in total. The lowest BCUT2D eigenvalue weighted by molar-refractivity contribution is 0.0749. The number of aromatic nitrogens is 2. The van der Waals surface area contributed by atoms with Gasteiger partial charge in [-0.1, -0.05) is 35.3 Å². The standard InChI is InChI=1S/C20H26Cl2N4O2/c1-12-18(14-4-3-5-15(21)17(14)22)25-16(10-27)19(24-12)26-8-6-20(11-28,7-9-26)13(2)23/h3-5,13,27-28H,6-11,23H2,1-2H3/t13-/m0/s1. The van der Waals surface area contributed by atoms with Crippen LogP contribution < -0.4 is 10.6 Å². The van der Waals surface area contributed by atoms with Crippen LogP contribution in [0.1, 0.15) is 31.2 Å². The fourth-order valence-electron chi connectivity index (χ4n) is 3.76. The maximum atomic E-state index is 9.92. The number of piperidine rings is 1. The molecule has 0 spiro atoms. The Kier molecular flexibility index (Phi) is 6.47. The first-order valence-electron chi connectivity index (χ1n) is 9.37. The van der Waals surface area contributed by atoms with Crippen molar-refractivity contribution in [3.05, 3.63) is 39.6 Å². The van der Waals surface area contributed by atoms with E-state index in [0.717, 1.165) is 12.8 Å². The molecule has 1 atom stereocenters. The monoisotopic (exact) mass is 424 g/mol. The van der Waals surface area contributed by atoms with Gasteiger partial charge in [-0.25, -0.2) is 9.97 Å². The Morgan fingerprint density at radius 1 is 1.21 bits per heavy atom. The number of rotatable bonds is 5. The van der Waals surface area contributed by atoms with E-state index in [2.05, 4.69) is 9.88 Å². The summed E-state index contributed by atoms with van der Waals surface area (Å²) in [4.78, 5) is 11.5. The first kappa shape index (κ1) is 21.3. The van der Waals surface area contributed by atoms with E-state index in [1.54, 1.807) is 6.07 Å². The number of anilines is 1. The molecule has 0 aliphatic carbocycles. The topological polar surface area (TPSA) is 95.5 Å². The highest BCUT2D eigenvalue weighted by atomic mass is 35.5. The van der Waals surface area contributed by atoms with Gasteiger partial charge in [0.05, 0.1) is 34.6 Å². The van der Waals surface area contributed by atoms with Gasteiger partial charge in [0.2, 0.25) is 0 Å². The van der Waals surface area contributed by atoms with Crippen molar-refractivity contribution in [3.63, 3.8) is 0 Å². The molecule has 2 heterocycles. The summed E-state index contributed by atoms with van der Waals surface area (Å²) in [6.07, 6.45) is 1.52. The Morgan fingerprint density at radius 2 is 1.89 bits per heavy atom. The number of aliphatic hydroxyl groups is 2. The van der Waals surface area contributed by atoms with Crippen LogP contribution >= 0.6 is 23.2 Å². The summed E-state index contributed by atoms with van der Waals surface area (Å²) >= 11 is 12.5. The molecule has 152 valence electrons. The molecule has 3 rings (SSSR count). The fraction of sp³-hybridized carbons (Fsp3) is 0.500. The largest absolute Gasteiger partial charge is 0.396 e. The van der Waals surface area contributed by atoms with E-state index in [9.17, 15) is 10.2 Å². The van der Waals surface area contributed by atoms with Crippen molar-refractivity contribution in [3.8, 4) is 11.3 Å². The Morgan fingerprint density at radius 3 is 2.46 bits per heavy atom. The van der Waals surface area contributed by atoms with Crippen LogP contribution in [0, 0.1) is 12.3 Å². The van der Waals surface area contributed by atoms with E-state index in [4.69, 9.17) is 33.9 Å². The summed E-state index contributed by atoms with van der Waals surface area (Å²) in [6, 6.07) is 5.28.